The number of carbonyl (C=O) groups excluding carboxylic acids is 2. The SMILES string of the molecule is COCCN(N)C1C(=O)C(O)C1=O. The first kappa shape index (κ1) is 10.3. The number of ketones is 2. The molecule has 1 rings (SSSR count). The minimum Gasteiger partial charge on any atom is -0.383 e. The summed E-state index contributed by atoms with van der Waals surface area (Å²) in [7, 11) is 1.49. The number of nitrogens with two attached hydrogens (primary N) is 1. The number of hydrazine groups is 1. The third-order valence-corrected chi connectivity index (χ3v) is 1.96. The van der Waals surface area contributed by atoms with Gasteiger partial charge < -0.3 is 9.84 Å². The first-order valence-corrected chi connectivity index (χ1v) is 3.85. The molecular weight excluding hydrogens is 176 g/mol. The summed E-state index contributed by atoms with van der Waals surface area (Å²) < 4.78 is 4.72. The predicted octanol–water partition coefficient (Wildman–Crippen LogP) is -2.31. The normalized spacial score (nSPS) is 28.0. The summed E-state index contributed by atoms with van der Waals surface area (Å²) in [6, 6.07) is -0.981. The van der Waals surface area contributed by atoms with Crippen LogP contribution in [0.3, 0.4) is 0 Å². The van der Waals surface area contributed by atoms with E-state index in [0.717, 1.165) is 5.01 Å². The van der Waals surface area contributed by atoms with Crippen LogP contribution in [-0.2, 0) is 14.3 Å². The number of aliphatic hydroxyl groups is 1. The van der Waals surface area contributed by atoms with Crippen molar-refractivity contribution in [2.24, 2.45) is 5.84 Å². The van der Waals surface area contributed by atoms with Gasteiger partial charge in [0.1, 0.15) is 6.04 Å². The molecule has 1 saturated carbocycles. The van der Waals surface area contributed by atoms with Crippen molar-refractivity contribution in [1.29, 1.82) is 0 Å². The summed E-state index contributed by atoms with van der Waals surface area (Å²) in [4.78, 5) is 21.9. The van der Waals surface area contributed by atoms with E-state index in [2.05, 4.69) is 0 Å². The van der Waals surface area contributed by atoms with E-state index >= 15 is 0 Å². The molecule has 1 aliphatic rings. The van der Waals surface area contributed by atoms with Gasteiger partial charge in [-0.05, 0) is 0 Å². The van der Waals surface area contributed by atoms with E-state index in [0.29, 0.717) is 6.61 Å². The molecule has 0 aromatic heterocycles. The lowest BCUT2D eigenvalue weighted by Crippen LogP contribution is -2.67. The zero-order valence-electron chi connectivity index (χ0n) is 7.27. The lowest BCUT2D eigenvalue weighted by atomic mass is 9.85. The second kappa shape index (κ2) is 3.93. The Kier molecular flexibility index (Phi) is 3.10. The third-order valence-electron chi connectivity index (χ3n) is 1.96. The molecule has 0 amide bonds. The van der Waals surface area contributed by atoms with Crippen LogP contribution in [0.25, 0.3) is 0 Å². The van der Waals surface area contributed by atoms with Crippen molar-refractivity contribution in [3.8, 4) is 0 Å². The first-order valence-electron chi connectivity index (χ1n) is 3.85. The number of methoxy groups -OCH3 is 1. The quantitative estimate of drug-likeness (QED) is 0.292. The van der Waals surface area contributed by atoms with Crippen LogP contribution < -0.4 is 5.84 Å². The highest BCUT2D eigenvalue weighted by Gasteiger charge is 2.50. The van der Waals surface area contributed by atoms with E-state index in [1.165, 1.54) is 7.11 Å². The molecule has 3 N–H and O–H groups in total. The monoisotopic (exact) mass is 188 g/mol. The summed E-state index contributed by atoms with van der Waals surface area (Å²) in [6.45, 7) is 0.620. The van der Waals surface area contributed by atoms with E-state index in [9.17, 15) is 9.59 Å². The molecule has 74 valence electrons. The maximum atomic E-state index is 10.9. The van der Waals surface area contributed by atoms with Crippen molar-refractivity contribution < 1.29 is 19.4 Å². The number of hydrogen-bond donors (Lipinski definition) is 2. The van der Waals surface area contributed by atoms with Crippen LogP contribution in [0, 0.1) is 0 Å². The van der Waals surface area contributed by atoms with E-state index in [4.69, 9.17) is 15.7 Å². The Balaban J connectivity index is 2.44. The Morgan fingerprint density at radius 3 is 2.54 bits per heavy atom. The van der Waals surface area contributed by atoms with Crippen molar-refractivity contribution >= 4 is 11.6 Å². The topological polar surface area (TPSA) is 92.9 Å². The zero-order chi connectivity index (χ0) is 10.0. The van der Waals surface area contributed by atoms with Crippen molar-refractivity contribution in [1.82, 2.24) is 5.01 Å². The summed E-state index contributed by atoms with van der Waals surface area (Å²) in [5.41, 5.74) is 0. The van der Waals surface area contributed by atoms with Crippen LogP contribution in [-0.4, -0.2) is 54.1 Å². The minimum atomic E-state index is -1.47. The van der Waals surface area contributed by atoms with Crippen molar-refractivity contribution in [2.45, 2.75) is 12.1 Å². The second-order valence-electron chi connectivity index (χ2n) is 2.84. The summed E-state index contributed by atoms with van der Waals surface area (Å²) in [6.07, 6.45) is -1.47. The van der Waals surface area contributed by atoms with E-state index in [1.807, 2.05) is 0 Å². The average molecular weight is 188 g/mol. The Hall–Kier alpha value is -0.820. The fourth-order valence-electron chi connectivity index (χ4n) is 1.14. The molecule has 0 aliphatic heterocycles. The third kappa shape index (κ3) is 1.75. The number of ether oxygens (including phenoxy) is 1. The summed E-state index contributed by atoms with van der Waals surface area (Å²) in [5, 5.41) is 9.90. The van der Waals surface area contributed by atoms with Gasteiger partial charge in [0.2, 0.25) is 0 Å². The van der Waals surface area contributed by atoms with Gasteiger partial charge in [0.05, 0.1) is 6.61 Å². The number of carbonyl (C=O) groups is 2. The van der Waals surface area contributed by atoms with Gasteiger partial charge in [-0.3, -0.25) is 15.4 Å². The Labute approximate surface area is 75.2 Å². The number of hydrogen-bond acceptors (Lipinski definition) is 6. The second-order valence-corrected chi connectivity index (χ2v) is 2.84. The molecule has 6 nitrogen and oxygen atoms in total. The van der Waals surface area contributed by atoms with Crippen LogP contribution in [0.15, 0.2) is 0 Å². The predicted molar refractivity (Wildman–Crippen MR) is 42.6 cm³/mol. The summed E-state index contributed by atoms with van der Waals surface area (Å²) >= 11 is 0. The van der Waals surface area contributed by atoms with Crippen molar-refractivity contribution in [2.75, 3.05) is 20.3 Å². The maximum absolute atomic E-state index is 10.9. The summed E-state index contributed by atoms with van der Waals surface area (Å²) in [5.74, 6) is 4.33. The number of nitrogens with zero attached hydrogens (tertiary/aromatic N) is 1. The Morgan fingerprint density at radius 2 is 2.08 bits per heavy atom. The lowest BCUT2D eigenvalue weighted by molar-refractivity contribution is -0.159. The van der Waals surface area contributed by atoms with Crippen LogP contribution in [0.5, 0.6) is 0 Å². The zero-order valence-corrected chi connectivity index (χ0v) is 7.27. The van der Waals surface area contributed by atoms with Gasteiger partial charge in [0, 0.05) is 13.7 Å². The molecule has 0 atom stereocenters. The van der Waals surface area contributed by atoms with Crippen molar-refractivity contribution in [3.05, 3.63) is 0 Å². The smallest absolute Gasteiger partial charge is 0.195 e. The molecule has 0 aromatic carbocycles. The standard InChI is InChI=1S/C7H12N2O4/c1-13-3-2-9(8)4-5(10)7(12)6(4)11/h4,7,12H,2-3,8H2,1H3. The largest absolute Gasteiger partial charge is 0.383 e. The molecule has 0 aromatic rings. The van der Waals surface area contributed by atoms with Crippen LogP contribution >= 0.6 is 0 Å². The highest BCUT2D eigenvalue weighted by atomic mass is 16.5. The van der Waals surface area contributed by atoms with Gasteiger partial charge in [0.25, 0.3) is 0 Å². The molecular formula is C7H12N2O4. The number of aliphatic hydroxyl groups excluding tert-OH is 1. The minimum absolute atomic E-state index is 0.283. The lowest BCUT2D eigenvalue weighted by Gasteiger charge is -2.34. The molecule has 0 bridgehead atoms. The molecule has 13 heavy (non-hydrogen) atoms. The van der Waals surface area contributed by atoms with Gasteiger partial charge in [-0.1, -0.05) is 0 Å². The number of Topliss-reactive ketones (excluding diaryl/α,β-unsaturated/α-hetero) is 2. The van der Waals surface area contributed by atoms with Gasteiger partial charge >= 0.3 is 0 Å². The van der Waals surface area contributed by atoms with Crippen LogP contribution in [0.2, 0.25) is 0 Å². The van der Waals surface area contributed by atoms with E-state index in [-0.39, 0.29) is 6.54 Å². The molecule has 1 fully saturated rings. The highest BCUT2D eigenvalue weighted by Crippen LogP contribution is 2.15. The molecule has 1 aliphatic carbocycles. The van der Waals surface area contributed by atoms with Crippen LogP contribution in [0.4, 0.5) is 0 Å². The van der Waals surface area contributed by atoms with E-state index < -0.39 is 23.7 Å². The molecule has 0 heterocycles. The van der Waals surface area contributed by atoms with Crippen LogP contribution in [0.1, 0.15) is 0 Å². The van der Waals surface area contributed by atoms with Gasteiger partial charge in [-0.15, -0.1) is 0 Å². The van der Waals surface area contributed by atoms with Gasteiger partial charge in [0.15, 0.2) is 17.7 Å². The van der Waals surface area contributed by atoms with Gasteiger partial charge in [-0.25, -0.2) is 5.01 Å². The molecule has 0 spiro atoms. The molecule has 0 unspecified atom stereocenters. The Bertz CT molecular complexity index is 215. The average Bonchev–Trinajstić information content (AvgIpc) is 2.14. The molecule has 0 radical (unpaired) electrons. The van der Waals surface area contributed by atoms with Gasteiger partial charge in [-0.2, -0.15) is 0 Å². The van der Waals surface area contributed by atoms with Crippen molar-refractivity contribution in [3.63, 3.8) is 0 Å². The molecule has 6 heteroatoms. The van der Waals surface area contributed by atoms with E-state index in [1.54, 1.807) is 0 Å². The number of rotatable bonds is 4. The Morgan fingerprint density at radius 1 is 1.54 bits per heavy atom. The fraction of sp³-hybridized carbons (Fsp3) is 0.714. The fourth-order valence-corrected chi connectivity index (χ4v) is 1.14. The molecule has 0 saturated heterocycles. The first-order chi connectivity index (χ1) is 6.09. The highest BCUT2D eigenvalue weighted by molar-refractivity contribution is 6.29. The maximum Gasteiger partial charge on any atom is 0.195 e.